The number of carboxylic acid groups (broad SMARTS) is 1. The molecule has 0 bridgehead atoms. The molecule has 0 radical (unpaired) electrons. The van der Waals surface area contributed by atoms with E-state index in [2.05, 4.69) is 0 Å². The molecule has 1 N–H and O–H groups in total. The Hall–Kier alpha value is -2.37. The zero-order valence-electron chi connectivity index (χ0n) is 13.6. The summed E-state index contributed by atoms with van der Waals surface area (Å²) in [6.45, 7) is 8.42. The molecular weight excluding hydrogens is 301 g/mol. The maximum absolute atomic E-state index is 14.3. The summed E-state index contributed by atoms with van der Waals surface area (Å²) in [5.41, 5.74) is -0.151. The third-order valence-electron chi connectivity index (χ3n) is 3.69. The Morgan fingerprint density at radius 1 is 1.39 bits per heavy atom. The van der Waals surface area contributed by atoms with Crippen molar-refractivity contribution < 1.29 is 19.0 Å². The van der Waals surface area contributed by atoms with Gasteiger partial charge in [-0.05, 0) is 12.0 Å². The van der Waals surface area contributed by atoms with Crippen LogP contribution in [0.2, 0.25) is 0 Å². The lowest BCUT2D eigenvalue weighted by Gasteiger charge is -2.25. The van der Waals surface area contributed by atoms with E-state index in [1.165, 1.54) is 6.20 Å². The van der Waals surface area contributed by atoms with Crippen molar-refractivity contribution in [2.45, 2.75) is 40.2 Å². The van der Waals surface area contributed by atoms with Crippen LogP contribution < -0.4 is 10.2 Å². The van der Waals surface area contributed by atoms with Crippen molar-refractivity contribution in [2.24, 2.45) is 0 Å². The molecule has 0 saturated heterocycles. The van der Waals surface area contributed by atoms with E-state index < -0.39 is 17.2 Å². The van der Waals surface area contributed by atoms with Crippen molar-refractivity contribution in [2.75, 3.05) is 6.61 Å². The molecule has 0 amide bonds. The van der Waals surface area contributed by atoms with Gasteiger partial charge in [0.15, 0.2) is 0 Å². The zero-order valence-corrected chi connectivity index (χ0v) is 13.6. The molecular formula is C17H20FNO4. The average molecular weight is 321 g/mol. The molecule has 3 rings (SSSR count). The summed E-state index contributed by atoms with van der Waals surface area (Å²) in [5.74, 6) is -1.61. The van der Waals surface area contributed by atoms with Crippen molar-refractivity contribution >= 4 is 16.9 Å². The molecule has 2 aromatic rings. The second kappa shape index (κ2) is 6.40. The van der Waals surface area contributed by atoms with Gasteiger partial charge in [0.25, 0.3) is 0 Å². The van der Waals surface area contributed by atoms with E-state index in [-0.39, 0.29) is 16.9 Å². The number of benzene rings is 1. The highest BCUT2D eigenvalue weighted by molar-refractivity contribution is 5.95. The molecule has 1 aliphatic heterocycles. The molecule has 0 fully saturated rings. The zero-order chi connectivity index (χ0) is 17.3. The number of halogens is 1. The van der Waals surface area contributed by atoms with E-state index in [4.69, 9.17) is 9.84 Å². The molecule has 5 nitrogen and oxygen atoms in total. The van der Waals surface area contributed by atoms with E-state index in [9.17, 15) is 14.0 Å². The first-order valence-corrected chi connectivity index (χ1v) is 7.67. The normalized spacial score (nSPS) is 12.6. The molecule has 0 atom stereocenters. The number of aromatic carboxylic acids is 1. The van der Waals surface area contributed by atoms with E-state index >= 15 is 0 Å². The van der Waals surface area contributed by atoms with Crippen LogP contribution in [0.5, 0.6) is 5.75 Å². The van der Waals surface area contributed by atoms with E-state index in [0.29, 0.717) is 30.0 Å². The summed E-state index contributed by atoms with van der Waals surface area (Å²) in [6, 6.07) is 1.12. The van der Waals surface area contributed by atoms with E-state index in [1.54, 1.807) is 4.57 Å². The molecule has 124 valence electrons. The quantitative estimate of drug-likeness (QED) is 0.920. The standard InChI is InChI=1S/C15H14FNO4.C2H6/c1-7(2)11-10(16)5-8-12-14(11)21-4-3-17(12)6-9(13(8)18)15(19)20;1-2/h5-7H,3-4H2,1-2H3,(H,19,20);1-2H3. The summed E-state index contributed by atoms with van der Waals surface area (Å²) in [6.07, 6.45) is 1.31. The van der Waals surface area contributed by atoms with E-state index in [0.717, 1.165) is 6.07 Å². The molecule has 23 heavy (non-hydrogen) atoms. The lowest BCUT2D eigenvalue weighted by atomic mass is 9.97. The van der Waals surface area contributed by atoms with Crippen molar-refractivity contribution in [3.05, 3.63) is 39.4 Å². The molecule has 0 aliphatic carbocycles. The van der Waals surface area contributed by atoms with Crippen molar-refractivity contribution in [3.63, 3.8) is 0 Å². The molecule has 1 aliphatic rings. The number of ether oxygens (including phenoxy) is 1. The predicted octanol–water partition coefficient (Wildman–Crippen LogP) is 3.38. The molecule has 0 saturated carbocycles. The van der Waals surface area contributed by atoms with Crippen LogP contribution in [0.4, 0.5) is 4.39 Å². The Labute approximate surface area is 133 Å². The van der Waals surface area contributed by atoms with E-state index in [1.807, 2.05) is 27.7 Å². The van der Waals surface area contributed by atoms with Crippen molar-refractivity contribution in [1.82, 2.24) is 4.57 Å². The second-order valence-corrected chi connectivity index (χ2v) is 5.37. The number of hydrogen-bond donors (Lipinski definition) is 1. The van der Waals surface area contributed by atoms with Crippen molar-refractivity contribution in [1.29, 1.82) is 0 Å². The van der Waals surface area contributed by atoms with Crippen LogP contribution in [0.3, 0.4) is 0 Å². The highest BCUT2D eigenvalue weighted by Gasteiger charge is 2.26. The monoisotopic (exact) mass is 321 g/mol. The number of pyridine rings is 1. The minimum Gasteiger partial charge on any atom is -0.489 e. The summed E-state index contributed by atoms with van der Waals surface area (Å²) >= 11 is 0. The van der Waals surface area contributed by atoms with Crippen LogP contribution >= 0.6 is 0 Å². The third-order valence-corrected chi connectivity index (χ3v) is 3.69. The average Bonchev–Trinajstić information content (AvgIpc) is 2.51. The third kappa shape index (κ3) is 2.69. The van der Waals surface area contributed by atoms with Gasteiger partial charge >= 0.3 is 5.97 Å². The van der Waals surface area contributed by atoms with Gasteiger partial charge in [-0.3, -0.25) is 4.79 Å². The minimum atomic E-state index is -1.31. The van der Waals surface area contributed by atoms with Gasteiger partial charge in [-0.2, -0.15) is 0 Å². The molecule has 1 aromatic carbocycles. The summed E-state index contributed by atoms with van der Waals surface area (Å²) in [7, 11) is 0. The highest BCUT2D eigenvalue weighted by Crippen LogP contribution is 2.37. The number of rotatable bonds is 2. The SMILES string of the molecule is CC.CC(C)c1c(F)cc2c(=O)c(C(=O)O)cn3c2c1OCC3. The first kappa shape index (κ1) is 17.0. The molecule has 0 unspecified atom stereocenters. The van der Waals surface area contributed by atoms with Gasteiger partial charge in [0, 0.05) is 11.8 Å². The predicted molar refractivity (Wildman–Crippen MR) is 86.1 cm³/mol. The number of carbonyl (C=O) groups is 1. The van der Waals surface area contributed by atoms with Gasteiger partial charge in [-0.25, -0.2) is 9.18 Å². The molecule has 2 heterocycles. The summed E-state index contributed by atoms with van der Waals surface area (Å²) in [5, 5.41) is 9.15. The van der Waals surface area contributed by atoms with Crippen molar-refractivity contribution in [3.8, 4) is 5.75 Å². The topological polar surface area (TPSA) is 68.5 Å². The summed E-state index contributed by atoms with van der Waals surface area (Å²) < 4.78 is 21.5. The van der Waals surface area contributed by atoms with Gasteiger partial charge < -0.3 is 14.4 Å². The fourth-order valence-electron chi connectivity index (χ4n) is 2.77. The lowest BCUT2D eigenvalue weighted by molar-refractivity contribution is 0.0694. The first-order chi connectivity index (χ1) is 10.9. The maximum Gasteiger partial charge on any atom is 0.341 e. The fraction of sp³-hybridized carbons (Fsp3) is 0.412. The number of nitrogens with zero attached hydrogens (tertiary/aromatic N) is 1. The van der Waals surface area contributed by atoms with Crippen LogP contribution in [0, 0.1) is 5.82 Å². The molecule has 0 spiro atoms. The highest BCUT2D eigenvalue weighted by atomic mass is 19.1. The van der Waals surface area contributed by atoms with Gasteiger partial charge in [0.05, 0.1) is 17.4 Å². The number of hydrogen-bond acceptors (Lipinski definition) is 3. The van der Waals surface area contributed by atoms with Crippen LogP contribution in [0.15, 0.2) is 17.1 Å². The number of aromatic nitrogens is 1. The van der Waals surface area contributed by atoms with Crippen LogP contribution in [0.1, 0.15) is 49.5 Å². The fourth-order valence-corrected chi connectivity index (χ4v) is 2.77. The summed E-state index contributed by atoms with van der Waals surface area (Å²) in [4.78, 5) is 23.4. The second-order valence-electron chi connectivity index (χ2n) is 5.37. The Morgan fingerprint density at radius 3 is 2.61 bits per heavy atom. The van der Waals surface area contributed by atoms with Gasteiger partial charge in [-0.1, -0.05) is 27.7 Å². The Kier molecular flexibility index (Phi) is 4.73. The van der Waals surface area contributed by atoms with Gasteiger partial charge in [0.1, 0.15) is 23.7 Å². The smallest absolute Gasteiger partial charge is 0.341 e. The Balaban J connectivity index is 0.000000924. The Morgan fingerprint density at radius 2 is 2.04 bits per heavy atom. The van der Waals surface area contributed by atoms with Crippen LogP contribution in [0.25, 0.3) is 10.9 Å². The maximum atomic E-state index is 14.3. The number of carboxylic acids is 1. The van der Waals surface area contributed by atoms with Gasteiger partial charge in [0.2, 0.25) is 5.43 Å². The van der Waals surface area contributed by atoms with Crippen LogP contribution in [-0.4, -0.2) is 22.2 Å². The molecule has 6 heteroatoms. The molecule has 1 aromatic heterocycles. The van der Waals surface area contributed by atoms with Gasteiger partial charge in [-0.15, -0.1) is 0 Å². The van der Waals surface area contributed by atoms with Crippen LogP contribution in [-0.2, 0) is 6.54 Å². The Bertz CT molecular complexity index is 824. The minimum absolute atomic E-state index is 0.0477. The largest absolute Gasteiger partial charge is 0.489 e. The lowest BCUT2D eigenvalue weighted by Crippen LogP contribution is -2.25. The first-order valence-electron chi connectivity index (χ1n) is 7.67.